The summed E-state index contributed by atoms with van der Waals surface area (Å²) in [4.78, 5) is 35.8. The fraction of sp³-hybridized carbons (Fsp3) is 0.154. The number of aromatic nitrogens is 2. The van der Waals surface area contributed by atoms with Crippen molar-refractivity contribution in [2.24, 2.45) is 0 Å². The largest absolute Gasteiger partial charge is 0.465 e. The SMILES string of the molecule is COC(=O)c1cc(C)nc2cc(CN(C(=O)c3cccnc3)c3ccccc3S(C)(=O)=O)ccc12. The van der Waals surface area contributed by atoms with Crippen LogP contribution in [0.15, 0.2) is 78.0 Å². The molecule has 0 atom stereocenters. The topological polar surface area (TPSA) is 107 Å². The molecule has 4 rings (SSSR count). The predicted molar refractivity (Wildman–Crippen MR) is 132 cm³/mol. The Hall–Kier alpha value is -4.11. The summed E-state index contributed by atoms with van der Waals surface area (Å²) in [6, 6.07) is 16.6. The zero-order valence-corrected chi connectivity index (χ0v) is 20.2. The number of methoxy groups -OCH3 is 1. The molecule has 178 valence electrons. The smallest absolute Gasteiger partial charge is 0.338 e. The summed E-state index contributed by atoms with van der Waals surface area (Å²) >= 11 is 0. The van der Waals surface area contributed by atoms with E-state index in [1.807, 2.05) is 0 Å². The number of amides is 1. The third kappa shape index (κ3) is 5.04. The van der Waals surface area contributed by atoms with Gasteiger partial charge in [0.05, 0.1) is 40.9 Å². The maximum Gasteiger partial charge on any atom is 0.338 e. The van der Waals surface area contributed by atoms with Gasteiger partial charge in [0.2, 0.25) is 0 Å². The summed E-state index contributed by atoms with van der Waals surface area (Å²) in [7, 11) is -2.30. The van der Waals surface area contributed by atoms with Crippen molar-refractivity contribution in [2.45, 2.75) is 18.4 Å². The van der Waals surface area contributed by atoms with E-state index in [-0.39, 0.29) is 17.1 Å². The normalized spacial score (nSPS) is 11.3. The van der Waals surface area contributed by atoms with Crippen LogP contribution in [0.5, 0.6) is 0 Å². The first-order valence-corrected chi connectivity index (χ1v) is 12.6. The quantitative estimate of drug-likeness (QED) is 0.377. The van der Waals surface area contributed by atoms with Gasteiger partial charge < -0.3 is 9.64 Å². The number of carbonyl (C=O) groups is 2. The Morgan fingerprint density at radius 2 is 1.80 bits per heavy atom. The first kappa shape index (κ1) is 24.0. The Morgan fingerprint density at radius 3 is 2.49 bits per heavy atom. The highest BCUT2D eigenvalue weighted by Gasteiger charge is 2.25. The van der Waals surface area contributed by atoms with Crippen LogP contribution >= 0.6 is 0 Å². The van der Waals surface area contributed by atoms with Crippen LogP contribution in [0.25, 0.3) is 10.9 Å². The lowest BCUT2D eigenvalue weighted by Crippen LogP contribution is -2.31. The van der Waals surface area contributed by atoms with Crippen molar-refractivity contribution in [3.05, 3.63) is 95.4 Å². The van der Waals surface area contributed by atoms with Crippen molar-refractivity contribution in [3.8, 4) is 0 Å². The van der Waals surface area contributed by atoms with Gasteiger partial charge in [-0.3, -0.25) is 14.8 Å². The van der Waals surface area contributed by atoms with E-state index < -0.39 is 21.7 Å². The first-order valence-electron chi connectivity index (χ1n) is 10.7. The third-order valence-electron chi connectivity index (χ3n) is 5.46. The van der Waals surface area contributed by atoms with Gasteiger partial charge >= 0.3 is 5.97 Å². The molecule has 8 nitrogen and oxygen atoms in total. The van der Waals surface area contributed by atoms with Crippen LogP contribution in [0.1, 0.15) is 32.0 Å². The van der Waals surface area contributed by atoms with Gasteiger partial charge in [0.15, 0.2) is 9.84 Å². The van der Waals surface area contributed by atoms with E-state index >= 15 is 0 Å². The van der Waals surface area contributed by atoms with Gasteiger partial charge in [-0.25, -0.2) is 13.2 Å². The Labute approximate surface area is 203 Å². The van der Waals surface area contributed by atoms with Gasteiger partial charge in [0.25, 0.3) is 5.91 Å². The molecule has 2 aromatic carbocycles. The van der Waals surface area contributed by atoms with Gasteiger partial charge in [0.1, 0.15) is 0 Å². The number of hydrogen-bond donors (Lipinski definition) is 0. The summed E-state index contributed by atoms with van der Waals surface area (Å²) in [6.45, 7) is 1.85. The maximum absolute atomic E-state index is 13.5. The number of rotatable bonds is 6. The molecular weight excluding hydrogens is 466 g/mol. The number of ether oxygens (including phenoxy) is 1. The van der Waals surface area contributed by atoms with Crippen molar-refractivity contribution in [1.29, 1.82) is 0 Å². The minimum Gasteiger partial charge on any atom is -0.465 e. The Morgan fingerprint density at radius 1 is 1.03 bits per heavy atom. The zero-order chi connectivity index (χ0) is 25.2. The number of carbonyl (C=O) groups excluding carboxylic acids is 2. The molecule has 0 aliphatic carbocycles. The van der Waals surface area contributed by atoms with Crippen LogP contribution in [0, 0.1) is 6.92 Å². The van der Waals surface area contributed by atoms with Gasteiger partial charge in [-0.1, -0.05) is 24.3 Å². The van der Waals surface area contributed by atoms with Crippen molar-refractivity contribution in [1.82, 2.24) is 9.97 Å². The number of esters is 1. The van der Waals surface area contributed by atoms with Crippen LogP contribution in [-0.2, 0) is 21.1 Å². The fourth-order valence-electron chi connectivity index (χ4n) is 3.87. The predicted octanol–water partition coefficient (Wildman–Crippen LogP) is 3.98. The number of hydrogen-bond acceptors (Lipinski definition) is 7. The molecule has 0 saturated heterocycles. The van der Waals surface area contributed by atoms with Gasteiger partial charge in [0, 0.05) is 29.7 Å². The average Bonchev–Trinajstić information content (AvgIpc) is 2.85. The number of aryl methyl sites for hydroxylation is 1. The molecule has 0 aliphatic heterocycles. The van der Waals surface area contributed by atoms with Crippen molar-refractivity contribution in [3.63, 3.8) is 0 Å². The van der Waals surface area contributed by atoms with E-state index in [0.717, 1.165) is 6.26 Å². The second-order valence-electron chi connectivity index (χ2n) is 8.03. The maximum atomic E-state index is 13.5. The number of para-hydroxylation sites is 1. The van der Waals surface area contributed by atoms with Crippen molar-refractivity contribution in [2.75, 3.05) is 18.3 Å². The standard InChI is InChI=1S/C26H23N3O5S/c1-17-13-21(26(31)34-2)20-11-10-18(14-22(20)28-17)16-29(25(30)19-7-6-12-27-15-19)23-8-4-5-9-24(23)35(3,32)33/h4-15H,16H2,1-3H3. The molecular formula is C26H23N3O5S. The molecule has 0 spiro atoms. The molecule has 4 aromatic rings. The zero-order valence-electron chi connectivity index (χ0n) is 19.4. The third-order valence-corrected chi connectivity index (χ3v) is 6.60. The Kier molecular flexibility index (Phi) is 6.61. The second kappa shape index (κ2) is 9.63. The first-order chi connectivity index (χ1) is 16.7. The molecule has 0 saturated carbocycles. The number of pyridine rings is 2. The minimum absolute atomic E-state index is 0.0416. The lowest BCUT2D eigenvalue weighted by molar-refractivity contribution is 0.0602. The molecule has 0 bridgehead atoms. The highest BCUT2D eigenvalue weighted by Crippen LogP contribution is 2.29. The molecule has 0 fully saturated rings. The summed E-state index contributed by atoms with van der Waals surface area (Å²) in [6.07, 6.45) is 4.10. The highest BCUT2D eigenvalue weighted by molar-refractivity contribution is 7.90. The molecule has 0 radical (unpaired) electrons. The van der Waals surface area contributed by atoms with E-state index in [2.05, 4.69) is 9.97 Å². The fourth-order valence-corrected chi connectivity index (χ4v) is 4.76. The second-order valence-corrected chi connectivity index (χ2v) is 10.0. The number of anilines is 1. The van der Waals surface area contributed by atoms with Crippen LogP contribution in [0.2, 0.25) is 0 Å². The number of fused-ring (bicyclic) bond motifs is 1. The monoisotopic (exact) mass is 489 g/mol. The van der Waals surface area contributed by atoms with E-state index in [9.17, 15) is 18.0 Å². The van der Waals surface area contributed by atoms with Gasteiger partial charge in [-0.2, -0.15) is 0 Å². The number of nitrogens with zero attached hydrogens (tertiary/aromatic N) is 3. The molecule has 0 N–H and O–H groups in total. The molecule has 1 amide bonds. The molecule has 9 heteroatoms. The minimum atomic E-state index is -3.62. The molecule has 0 aliphatic rings. The van der Waals surface area contributed by atoms with Gasteiger partial charge in [-0.15, -0.1) is 0 Å². The Balaban J connectivity index is 1.84. The van der Waals surface area contributed by atoms with Crippen LogP contribution < -0.4 is 4.90 Å². The summed E-state index contributed by atoms with van der Waals surface area (Å²) in [5.41, 5.74) is 2.88. The van der Waals surface area contributed by atoms with Crippen LogP contribution in [0.3, 0.4) is 0 Å². The van der Waals surface area contributed by atoms with Gasteiger partial charge in [-0.05, 0) is 48.9 Å². The van der Waals surface area contributed by atoms with E-state index in [1.54, 1.807) is 67.7 Å². The average molecular weight is 490 g/mol. The van der Waals surface area contributed by atoms with Crippen LogP contribution in [0.4, 0.5) is 5.69 Å². The summed E-state index contributed by atoms with van der Waals surface area (Å²) < 4.78 is 29.9. The summed E-state index contributed by atoms with van der Waals surface area (Å²) in [5.74, 6) is -0.870. The van der Waals surface area contributed by atoms with Crippen molar-refractivity contribution < 1.29 is 22.7 Å². The number of benzene rings is 2. The molecule has 2 heterocycles. The number of sulfone groups is 1. The van der Waals surface area contributed by atoms with Crippen molar-refractivity contribution >= 4 is 38.3 Å². The summed E-state index contributed by atoms with van der Waals surface area (Å²) in [5, 5.41) is 0.618. The lowest BCUT2D eigenvalue weighted by atomic mass is 10.0. The Bertz CT molecular complexity index is 1540. The molecule has 35 heavy (non-hydrogen) atoms. The molecule has 0 unspecified atom stereocenters. The van der Waals surface area contributed by atoms with E-state index in [1.165, 1.54) is 24.3 Å². The molecule has 2 aromatic heterocycles. The lowest BCUT2D eigenvalue weighted by Gasteiger charge is -2.25. The van der Waals surface area contributed by atoms with E-state index in [4.69, 9.17) is 4.74 Å². The highest BCUT2D eigenvalue weighted by atomic mass is 32.2. The van der Waals surface area contributed by atoms with E-state index in [0.29, 0.717) is 33.3 Å². The van der Waals surface area contributed by atoms with Crippen LogP contribution in [-0.4, -0.2) is 43.6 Å².